The molecule has 0 unspecified atom stereocenters. The zero-order valence-corrected chi connectivity index (χ0v) is 14.9. The van der Waals surface area contributed by atoms with Crippen LogP contribution in [0.15, 0.2) is 41.7 Å². The van der Waals surface area contributed by atoms with Gasteiger partial charge < -0.3 is 25.0 Å². The summed E-state index contributed by atoms with van der Waals surface area (Å²) in [6.45, 7) is 1.82. The number of hydrogen-bond acceptors (Lipinski definition) is 6. The Morgan fingerprint density at radius 1 is 1.44 bits per heavy atom. The predicted octanol–water partition coefficient (Wildman–Crippen LogP) is 1.48. The van der Waals surface area contributed by atoms with Crippen molar-refractivity contribution in [2.75, 3.05) is 20.1 Å². The van der Waals surface area contributed by atoms with Crippen LogP contribution in [0.25, 0.3) is 17.1 Å². The van der Waals surface area contributed by atoms with Gasteiger partial charge in [0, 0.05) is 29.4 Å². The van der Waals surface area contributed by atoms with E-state index in [0.29, 0.717) is 11.2 Å². The third kappa shape index (κ3) is 3.31. The second kappa shape index (κ2) is 6.88. The second-order valence-electron chi connectivity index (χ2n) is 6.81. The Morgan fingerprint density at radius 2 is 2.22 bits per heavy atom. The maximum atomic E-state index is 12.6. The van der Waals surface area contributed by atoms with Crippen LogP contribution in [0.3, 0.4) is 0 Å². The van der Waals surface area contributed by atoms with Crippen LogP contribution in [-0.4, -0.2) is 57.9 Å². The van der Waals surface area contributed by atoms with Gasteiger partial charge in [-0.1, -0.05) is 0 Å². The van der Waals surface area contributed by atoms with Crippen molar-refractivity contribution in [3.05, 3.63) is 47.3 Å². The Hall–Kier alpha value is -3.13. The maximum absolute atomic E-state index is 12.6. The molecule has 8 heteroatoms. The Bertz CT molecular complexity index is 967. The zero-order chi connectivity index (χ0) is 19.0. The molecule has 0 aromatic carbocycles. The summed E-state index contributed by atoms with van der Waals surface area (Å²) in [6.07, 6.45) is 6.65. The van der Waals surface area contributed by atoms with Gasteiger partial charge in [0.05, 0.1) is 0 Å². The van der Waals surface area contributed by atoms with Crippen molar-refractivity contribution in [1.29, 1.82) is 0 Å². The number of nitrogens with zero attached hydrogens (tertiary/aromatic N) is 2. The summed E-state index contributed by atoms with van der Waals surface area (Å²) in [6, 6.07) is 3.74. The molecule has 0 saturated carbocycles. The summed E-state index contributed by atoms with van der Waals surface area (Å²) in [4.78, 5) is 33.7. The van der Waals surface area contributed by atoms with Crippen LogP contribution in [0.5, 0.6) is 0 Å². The van der Waals surface area contributed by atoms with E-state index in [4.69, 9.17) is 4.74 Å². The number of carboxylic acids is 1. The number of hydrogen-bond donors (Lipinski definition) is 3. The van der Waals surface area contributed by atoms with E-state index in [0.717, 1.165) is 31.3 Å². The first-order valence-corrected chi connectivity index (χ1v) is 8.82. The van der Waals surface area contributed by atoms with E-state index in [2.05, 4.69) is 20.2 Å². The summed E-state index contributed by atoms with van der Waals surface area (Å²) < 4.78 is 5.65. The lowest BCUT2D eigenvalue weighted by Gasteiger charge is -2.30. The van der Waals surface area contributed by atoms with E-state index >= 15 is 0 Å². The first kappa shape index (κ1) is 17.3. The molecule has 0 radical (unpaired) electrons. The smallest absolute Gasteiger partial charge is 0.345 e. The van der Waals surface area contributed by atoms with Crippen molar-refractivity contribution in [2.24, 2.45) is 0 Å². The molecule has 2 aromatic heterocycles. The standard InChI is InChI=1S/C19H20N4O4/c1-23-7-4-12(5-8-23)22-18-15(19(25)26)16(24)14(27-18)9-11-10-21-17-13(11)3-2-6-20-17/h2-3,6,9-10,12,22H,4-5,7-8H2,1H3,(H,20,21)(H,25,26). The van der Waals surface area contributed by atoms with Gasteiger partial charge in [-0.25, -0.2) is 9.78 Å². The fraction of sp³-hybridized carbons (Fsp3) is 0.316. The summed E-state index contributed by atoms with van der Waals surface area (Å²) in [5.74, 6) is -1.89. The minimum absolute atomic E-state index is 0.00687. The number of fused-ring (bicyclic) bond motifs is 1. The Balaban J connectivity index is 1.60. The van der Waals surface area contributed by atoms with E-state index in [1.165, 1.54) is 0 Å². The van der Waals surface area contributed by atoms with Crippen molar-refractivity contribution in [2.45, 2.75) is 18.9 Å². The molecular weight excluding hydrogens is 348 g/mol. The number of rotatable bonds is 4. The number of nitrogens with one attached hydrogen (secondary N) is 2. The van der Waals surface area contributed by atoms with Crippen molar-refractivity contribution in [1.82, 2.24) is 20.2 Å². The quantitative estimate of drug-likeness (QED) is 0.554. The molecule has 1 saturated heterocycles. The molecule has 0 amide bonds. The number of carboxylic acid groups (broad SMARTS) is 1. The molecule has 27 heavy (non-hydrogen) atoms. The second-order valence-corrected chi connectivity index (χ2v) is 6.81. The average Bonchev–Trinajstić information content (AvgIpc) is 3.19. The molecule has 0 atom stereocenters. The lowest BCUT2D eigenvalue weighted by Crippen LogP contribution is -2.40. The number of aromatic amines is 1. The first-order chi connectivity index (χ1) is 13.0. The maximum Gasteiger partial charge on any atom is 0.345 e. The number of carbonyl (C=O) groups is 2. The molecule has 1 fully saturated rings. The predicted molar refractivity (Wildman–Crippen MR) is 98.5 cm³/mol. The highest BCUT2D eigenvalue weighted by atomic mass is 16.5. The first-order valence-electron chi connectivity index (χ1n) is 8.82. The minimum atomic E-state index is -1.29. The van der Waals surface area contributed by atoms with Gasteiger partial charge in [-0.15, -0.1) is 0 Å². The number of ketones is 1. The number of Topliss-reactive ketones (excluding diaryl/α,β-unsaturated/α-hetero) is 1. The highest BCUT2D eigenvalue weighted by molar-refractivity contribution is 6.26. The number of H-pyrrole nitrogens is 1. The van der Waals surface area contributed by atoms with Crippen LogP contribution in [0.4, 0.5) is 0 Å². The zero-order valence-electron chi connectivity index (χ0n) is 14.9. The Kier molecular flexibility index (Phi) is 4.41. The normalized spacial score (nSPS) is 20.5. The van der Waals surface area contributed by atoms with Crippen LogP contribution in [-0.2, 0) is 14.3 Å². The van der Waals surface area contributed by atoms with E-state index in [1.54, 1.807) is 24.5 Å². The Labute approximate surface area is 155 Å². The van der Waals surface area contributed by atoms with Gasteiger partial charge in [-0.2, -0.15) is 0 Å². The molecule has 8 nitrogen and oxygen atoms in total. The molecule has 0 bridgehead atoms. The topological polar surface area (TPSA) is 108 Å². The number of likely N-dealkylation sites (tertiary alicyclic amines) is 1. The monoisotopic (exact) mass is 368 g/mol. The summed E-state index contributed by atoms with van der Waals surface area (Å²) >= 11 is 0. The number of pyridine rings is 1. The van der Waals surface area contributed by atoms with Gasteiger partial charge >= 0.3 is 5.97 Å². The van der Waals surface area contributed by atoms with Crippen molar-refractivity contribution >= 4 is 28.9 Å². The molecule has 140 valence electrons. The number of aromatic nitrogens is 2. The molecule has 4 heterocycles. The Morgan fingerprint density at radius 3 is 2.96 bits per heavy atom. The summed E-state index contributed by atoms with van der Waals surface area (Å²) in [5, 5.41) is 13.4. The number of allylic oxidation sites excluding steroid dienone is 1. The fourth-order valence-corrected chi connectivity index (χ4v) is 3.40. The molecule has 2 aliphatic heterocycles. The van der Waals surface area contributed by atoms with E-state index in [9.17, 15) is 14.7 Å². The van der Waals surface area contributed by atoms with Crippen LogP contribution < -0.4 is 5.32 Å². The summed E-state index contributed by atoms with van der Waals surface area (Å²) in [7, 11) is 2.05. The van der Waals surface area contributed by atoms with Crippen LogP contribution in [0, 0.1) is 0 Å². The minimum Gasteiger partial charge on any atom is -0.477 e. The number of carbonyl (C=O) groups excluding carboxylic acids is 1. The van der Waals surface area contributed by atoms with Crippen molar-refractivity contribution in [3.63, 3.8) is 0 Å². The molecule has 4 rings (SSSR count). The van der Waals surface area contributed by atoms with Gasteiger partial charge in [-0.3, -0.25) is 4.79 Å². The number of ether oxygens (including phenoxy) is 1. The molecule has 0 spiro atoms. The molecular formula is C19H20N4O4. The van der Waals surface area contributed by atoms with Gasteiger partial charge in [0.15, 0.2) is 11.3 Å². The largest absolute Gasteiger partial charge is 0.477 e. The number of aliphatic carboxylic acids is 1. The highest BCUT2D eigenvalue weighted by Crippen LogP contribution is 2.28. The third-order valence-electron chi connectivity index (χ3n) is 4.93. The van der Waals surface area contributed by atoms with E-state index in [1.807, 2.05) is 13.1 Å². The average molecular weight is 368 g/mol. The van der Waals surface area contributed by atoms with E-state index in [-0.39, 0.29) is 23.3 Å². The van der Waals surface area contributed by atoms with Gasteiger partial charge in [0.1, 0.15) is 5.65 Å². The van der Waals surface area contributed by atoms with E-state index < -0.39 is 11.8 Å². The van der Waals surface area contributed by atoms with Crippen molar-refractivity contribution < 1.29 is 19.4 Å². The molecule has 3 N–H and O–H groups in total. The third-order valence-corrected chi connectivity index (χ3v) is 4.93. The fourth-order valence-electron chi connectivity index (χ4n) is 3.40. The van der Waals surface area contributed by atoms with Crippen molar-refractivity contribution in [3.8, 4) is 0 Å². The van der Waals surface area contributed by atoms with Crippen LogP contribution >= 0.6 is 0 Å². The van der Waals surface area contributed by atoms with Gasteiger partial charge in [0.25, 0.3) is 0 Å². The lowest BCUT2D eigenvalue weighted by atomic mass is 10.1. The SMILES string of the molecule is CN1CCC(NC2=C(C(=O)O)C(=O)C(=Cc3c[nH]c4ncccc34)O2)CC1. The molecule has 0 aliphatic carbocycles. The lowest BCUT2D eigenvalue weighted by molar-refractivity contribution is -0.134. The number of piperidine rings is 1. The van der Waals surface area contributed by atoms with Crippen LogP contribution in [0.1, 0.15) is 18.4 Å². The van der Waals surface area contributed by atoms with Gasteiger partial charge in [-0.05, 0) is 51.2 Å². The molecule has 2 aromatic rings. The molecule has 2 aliphatic rings. The van der Waals surface area contributed by atoms with Crippen LogP contribution in [0.2, 0.25) is 0 Å². The summed E-state index contributed by atoms with van der Waals surface area (Å²) in [5.41, 5.74) is 1.05. The van der Waals surface area contributed by atoms with Gasteiger partial charge in [0.2, 0.25) is 11.7 Å². The highest BCUT2D eigenvalue weighted by Gasteiger charge is 2.37.